The Morgan fingerprint density at radius 2 is 1.20 bits per heavy atom. The van der Waals surface area contributed by atoms with Crippen LogP contribution in [0.15, 0.2) is 4.41 Å². The Labute approximate surface area is 88.7 Å². The minimum Gasteiger partial charge on any atom is -0.310 e. The zero-order chi connectivity index (χ0) is 12.7. The lowest BCUT2D eigenvalue weighted by molar-refractivity contribution is -0.0829. The molecule has 0 N–H and O–H groups in total. The van der Waals surface area contributed by atoms with Crippen LogP contribution in [0.5, 0.6) is 0 Å². The van der Waals surface area contributed by atoms with Crippen LogP contribution >= 0.6 is 17.6 Å². The molecule has 0 bridgehead atoms. The molecule has 0 saturated carbocycles. The number of nitrogens with zero attached hydrogens (tertiary/aromatic N) is 1. The summed E-state index contributed by atoms with van der Waals surface area (Å²) in [6.07, 6.45) is -5.80. The molecule has 0 aromatic carbocycles. The molecule has 15 heavy (non-hydrogen) atoms. The van der Waals surface area contributed by atoms with Gasteiger partial charge in [-0.3, -0.25) is 0 Å². The van der Waals surface area contributed by atoms with E-state index >= 15 is 0 Å². The van der Waals surface area contributed by atoms with E-state index in [1.165, 1.54) is 19.6 Å². The monoisotopic (exact) mass is 291 g/mol. The molecule has 0 aliphatic heterocycles. The van der Waals surface area contributed by atoms with Gasteiger partial charge in [-0.2, -0.15) is 26.3 Å². The number of rotatable bonds is 1. The van der Waals surface area contributed by atoms with E-state index in [0.717, 1.165) is 0 Å². The minimum absolute atomic E-state index is 1.27. The maximum atomic E-state index is 12.3. The number of alkyl halides is 6. The van der Waals surface area contributed by atoms with Crippen molar-refractivity contribution in [2.45, 2.75) is 31.5 Å². The molecular formula is C5H9ClF6NPSi. The Balaban J connectivity index is 5.77. The average molecular weight is 292 g/mol. The van der Waals surface area contributed by atoms with Crippen molar-refractivity contribution >= 4 is 25.9 Å². The van der Waals surface area contributed by atoms with Crippen molar-refractivity contribution in [1.29, 1.82) is 0 Å². The predicted octanol–water partition coefficient (Wildman–Crippen LogP) is 5.22. The van der Waals surface area contributed by atoms with Crippen molar-refractivity contribution in [3.8, 4) is 0 Å². The summed E-state index contributed by atoms with van der Waals surface area (Å²) in [6, 6.07) is 0. The van der Waals surface area contributed by atoms with Gasteiger partial charge in [-0.05, 0) is 0 Å². The largest absolute Gasteiger partial charge is 0.441 e. The van der Waals surface area contributed by atoms with Crippen LogP contribution in [0.2, 0.25) is 19.6 Å². The second-order valence-corrected chi connectivity index (χ2v) is 12.5. The third-order valence-electron chi connectivity index (χ3n) is 1.11. The average Bonchev–Trinajstić information content (AvgIpc) is 1.77. The van der Waals surface area contributed by atoms with Gasteiger partial charge < -0.3 is 4.41 Å². The van der Waals surface area contributed by atoms with Crippen LogP contribution < -0.4 is 0 Å². The van der Waals surface area contributed by atoms with Gasteiger partial charge in [-0.25, -0.2) is 0 Å². The maximum absolute atomic E-state index is 12.3. The fraction of sp³-hybridized carbons (Fsp3) is 1.00. The lowest BCUT2D eigenvalue weighted by Gasteiger charge is -2.26. The minimum atomic E-state index is -5.80. The van der Waals surface area contributed by atoms with Crippen molar-refractivity contribution in [3.63, 3.8) is 0 Å². The van der Waals surface area contributed by atoms with E-state index in [2.05, 4.69) is 4.41 Å². The van der Waals surface area contributed by atoms with Gasteiger partial charge in [0.25, 0.3) is 6.41 Å². The van der Waals surface area contributed by atoms with E-state index in [9.17, 15) is 26.3 Å². The molecule has 0 amide bonds. The van der Waals surface area contributed by atoms with Crippen LogP contribution in [0.3, 0.4) is 0 Å². The quantitative estimate of drug-likeness (QED) is 0.357. The topological polar surface area (TPSA) is 12.4 Å². The van der Waals surface area contributed by atoms with E-state index in [1.54, 1.807) is 0 Å². The van der Waals surface area contributed by atoms with Crippen molar-refractivity contribution in [2.24, 2.45) is 4.41 Å². The lowest BCUT2D eigenvalue weighted by atomic mass is 11.5. The van der Waals surface area contributed by atoms with Gasteiger partial charge in [0.05, 0.1) is 0 Å². The van der Waals surface area contributed by atoms with Crippen molar-refractivity contribution in [1.82, 2.24) is 0 Å². The highest BCUT2D eigenvalue weighted by atomic mass is 35.7. The van der Waals surface area contributed by atoms with Gasteiger partial charge >= 0.3 is 11.8 Å². The van der Waals surface area contributed by atoms with Crippen LogP contribution in [-0.2, 0) is 0 Å². The fourth-order valence-corrected chi connectivity index (χ4v) is 7.21. The van der Waals surface area contributed by atoms with Gasteiger partial charge in [0, 0.05) is 0 Å². The summed E-state index contributed by atoms with van der Waals surface area (Å²) in [6.45, 7) is 3.80. The second-order valence-electron chi connectivity index (χ2n) is 3.76. The van der Waals surface area contributed by atoms with Gasteiger partial charge in [0.15, 0.2) is 8.24 Å². The van der Waals surface area contributed by atoms with E-state index in [4.69, 9.17) is 11.2 Å². The Bertz CT molecular complexity index is 271. The molecule has 0 radical (unpaired) electrons. The first-order valence-electron chi connectivity index (χ1n) is 3.67. The third kappa shape index (κ3) is 3.67. The molecule has 0 heterocycles. The molecule has 0 unspecified atom stereocenters. The van der Waals surface area contributed by atoms with Gasteiger partial charge in [-0.15, -0.1) is 0 Å². The molecule has 0 saturated heterocycles. The molecule has 10 heteroatoms. The van der Waals surface area contributed by atoms with Crippen LogP contribution in [0, 0.1) is 0 Å². The smallest absolute Gasteiger partial charge is 0.310 e. The van der Waals surface area contributed by atoms with Crippen molar-refractivity contribution < 1.29 is 26.3 Å². The Morgan fingerprint density at radius 1 is 0.933 bits per heavy atom. The van der Waals surface area contributed by atoms with E-state index in [-0.39, 0.29) is 0 Å². The Hall–Kier alpha value is 0.317. The zero-order valence-electron chi connectivity index (χ0n) is 8.04. The normalized spacial score (nSPS) is 15.3. The predicted molar refractivity (Wildman–Crippen MR) is 50.7 cm³/mol. The van der Waals surface area contributed by atoms with Crippen LogP contribution in [0.4, 0.5) is 26.3 Å². The highest BCUT2D eigenvalue weighted by molar-refractivity contribution is 7.93. The van der Waals surface area contributed by atoms with Crippen molar-refractivity contribution in [3.05, 3.63) is 0 Å². The fourth-order valence-electron chi connectivity index (χ4n) is 0.671. The van der Waals surface area contributed by atoms with Crippen LogP contribution in [0.1, 0.15) is 0 Å². The number of hydrogen-bond donors (Lipinski definition) is 0. The highest BCUT2D eigenvalue weighted by Gasteiger charge is 2.64. The molecule has 0 spiro atoms. The molecule has 0 fully saturated rings. The summed E-state index contributed by atoms with van der Waals surface area (Å²) in [5.74, 6) is -11.1. The van der Waals surface area contributed by atoms with Gasteiger partial charge in [0.1, 0.15) is 0 Å². The molecule has 1 nitrogen and oxygen atoms in total. The molecule has 0 aromatic heterocycles. The first-order chi connectivity index (χ1) is 6.21. The summed E-state index contributed by atoms with van der Waals surface area (Å²) in [5.41, 5.74) is 0. The number of hydrogen-bond acceptors (Lipinski definition) is 1. The summed E-state index contributed by atoms with van der Waals surface area (Å²) >= 11 is 4.71. The third-order valence-corrected chi connectivity index (χ3v) is 7.79. The Morgan fingerprint density at radius 3 is 1.27 bits per heavy atom. The SMILES string of the molecule is C[Si](C)(C)N=P(Cl)(C(F)(F)F)C(F)(F)F. The Kier molecular flexibility index (Phi) is 4.04. The van der Waals surface area contributed by atoms with Gasteiger partial charge in [-0.1, -0.05) is 30.9 Å². The summed E-state index contributed by atoms with van der Waals surface area (Å²) in [5, 5.41) is 0. The molecule has 0 atom stereocenters. The molecular weight excluding hydrogens is 283 g/mol. The zero-order valence-corrected chi connectivity index (χ0v) is 10.7. The first kappa shape index (κ1) is 15.3. The summed E-state index contributed by atoms with van der Waals surface area (Å²) < 4.78 is 76.4. The lowest BCUT2D eigenvalue weighted by Crippen LogP contribution is -2.24. The summed E-state index contributed by atoms with van der Waals surface area (Å²) in [7, 11) is -2.91. The highest BCUT2D eigenvalue weighted by Crippen LogP contribution is 2.77. The van der Waals surface area contributed by atoms with Crippen LogP contribution in [-0.4, -0.2) is 20.1 Å². The van der Waals surface area contributed by atoms with E-state index in [1.807, 2.05) is 0 Å². The standard InChI is InChI=1S/C5H9ClF6NPSi/c1-15(2,3)13-14(6,4(7,8)9)5(10,11)12/h1-3H3. The molecule has 0 rings (SSSR count). The number of halogens is 7. The van der Waals surface area contributed by atoms with Crippen molar-refractivity contribution in [2.75, 3.05) is 0 Å². The molecule has 0 aliphatic rings. The molecule has 92 valence electrons. The first-order valence-corrected chi connectivity index (χ1v) is 9.77. The molecule has 0 aliphatic carbocycles. The summed E-state index contributed by atoms with van der Waals surface area (Å²) in [4.78, 5) is 0. The second kappa shape index (κ2) is 3.96. The van der Waals surface area contributed by atoms with E-state index in [0.29, 0.717) is 0 Å². The van der Waals surface area contributed by atoms with Gasteiger partial charge in [0.2, 0.25) is 0 Å². The maximum Gasteiger partial charge on any atom is 0.441 e. The molecule has 0 aromatic rings. The van der Waals surface area contributed by atoms with Crippen LogP contribution in [0.25, 0.3) is 0 Å². The van der Waals surface area contributed by atoms with E-state index < -0.39 is 26.5 Å².